The van der Waals surface area contributed by atoms with Crippen LogP contribution in [-0.4, -0.2) is 20.6 Å². The molecular formula is C11H7Cl2N5O. The number of hydrogen-bond donors (Lipinski definition) is 2. The summed E-state index contributed by atoms with van der Waals surface area (Å²) in [6.45, 7) is 0. The number of halogens is 2. The average Bonchev–Trinajstić information content (AvgIpc) is 3.01. The van der Waals surface area contributed by atoms with E-state index in [9.17, 15) is 0 Å². The van der Waals surface area contributed by atoms with Crippen LogP contribution in [0.4, 0.5) is 5.88 Å². The average molecular weight is 296 g/mol. The number of nitrogens with two attached hydrogens (primary N) is 1. The van der Waals surface area contributed by atoms with Crippen molar-refractivity contribution in [3.63, 3.8) is 0 Å². The number of rotatable bonds is 2. The number of nitrogens with zero attached hydrogens (tertiary/aromatic N) is 3. The Morgan fingerprint density at radius 1 is 1.21 bits per heavy atom. The van der Waals surface area contributed by atoms with Crippen LogP contribution in [0.25, 0.3) is 22.5 Å². The van der Waals surface area contributed by atoms with Gasteiger partial charge in [-0.15, -0.1) is 0 Å². The number of nitrogen functional groups attached to an aromatic ring is 1. The summed E-state index contributed by atoms with van der Waals surface area (Å²) in [4.78, 5) is 0. The summed E-state index contributed by atoms with van der Waals surface area (Å²) in [5.74, 6) is 0.177. The van der Waals surface area contributed by atoms with Gasteiger partial charge < -0.3 is 10.3 Å². The van der Waals surface area contributed by atoms with Gasteiger partial charge in [-0.1, -0.05) is 34.4 Å². The summed E-state index contributed by atoms with van der Waals surface area (Å²) in [5, 5.41) is 15.0. The molecule has 0 aliphatic heterocycles. The van der Waals surface area contributed by atoms with E-state index in [0.29, 0.717) is 27.0 Å². The molecule has 2 heterocycles. The molecule has 0 aliphatic rings. The third kappa shape index (κ3) is 2.05. The Kier molecular flexibility index (Phi) is 2.88. The summed E-state index contributed by atoms with van der Waals surface area (Å²) >= 11 is 11.9. The molecule has 2 aromatic heterocycles. The number of anilines is 1. The number of benzene rings is 1. The van der Waals surface area contributed by atoms with Gasteiger partial charge in [-0.05, 0) is 17.7 Å². The monoisotopic (exact) mass is 295 g/mol. The normalized spacial score (nSPS) is 10.8. The van der Waals surface area contributed by atoms with E-state index in [4.69, 9.17) is 33.5 Å². The van der Waals surface area contributed by atoms with Gasteiger partial charge in [0, 0.05) is 0 Å². The van der Waals surface area contributed by atoms with Gasteiger partial charge in [-0.25, -0.2) is 0 Å². The van der Waals surface area contributed by atoms with Crippen LogP contribution in [0.1, 0.15) is 0 Å². The van der Waals surface area contributed by atoms with Crippen molar-refractivity contribution in [3.05, 3.63) is 34.4 Å². The van der Waals surface area contributed by atoms with E-state index >= 15 is 0 Å². The maximum absolute atomic E-state index is 6.00. The first kappa shape index (κ1) is 12.0. The topological polar surface area (TPSA) is 93.6 Å². The van der Waals surface area contributed by atoms with E-state index in [2.05, 4.69) is 20.6 Å². The molecule has 0 aliphatic carbocycles. The fourth-order valence-corrected chi connectivity index (χ4v) is 2.02. The smallest absolute Gasteiger partial charge is 0.230 e. The number of nitrogens with one attached hydrogen (secondary N) is 1. The Bertz CT molecular complexity index is 723. The summed E-state index contributed by atoms with van der Waals surface area (Å²) in [6.07, 6.45) is 1.53. The van der Waals surface area contributed by atoms with Crippen molar-refractivity contribution in [1.82, 2.24) is 20.6 Å². The highest BCUT2D eigenvalue weighted by atomic mass is 35.5. The molecule has 0 radical (unpaired) electrons. The third-order valence-electron chi connectivity index (χ3n) is 2.58. The SMILES string of the molecule is Nc1onc(-c2cn[nH]n2)c1-c1ccc(Cl)c(Cl)c1. The highest BCUT2D eigenvalue weighted by Crippen LogP contribution is 2.37. The fraction of sp³-hybridized carbons (Fsp3) is 0. The molecule has 0 saturated heterocycles. The van der Waals surface area contributed by atoms with E-state index in [1.54, 1.807) is 18.2 Å². The van der Waals surface area contributed by atoms with Gasteiger partial charge in [-0.2, -0.15) is 15.4 Å². The lowest BCUT2D eigenvalue weighted by Gasteiger charge is -2.02. The van der Waals surface area contributed by atoms with Crippen molar-refractivity contribution in [2.24, 2.45) is 0 Å². The van der Waals surface area contributed by atoms with Crippen LogP contribution in [0.2, 0.25) is 10.0 Å². The molecule has 0 unspecified atom stereocenters. The molecule has 19 heavy (non-hydrogen) atoms. The third-order valence-corrected chi connectivity index (χ3v) is 3.32. The van der Waals surface area contributed by atoms with E-state index in [-0.39, 0.29) is 5.88 Å². The molecule has 8 heteroatoms. The Morgan fingerprint density at radius 2 is 2.05 bits per heavy atom. The summed E-state index contributed by atoms with van der Waals surface area (Å²) in [7, 11) is 0. The summed E-state index contributed by atoms with van der Waals surface area (Å²) in [5.41, 5.74) is 8.17. The summed E-state index contributed by atoms with van der Waals surface area (Å²) < 4.78 is 5.01. The zero-order valence-electron chi connectivity index (χ0n) is 9.39. The number of aromatic nitrogens is 4. The number of hydrogen-bond acceptors (Lipinski definition) is 5. The lowest BCUT2D eigenvalue weighted by molar-refractivity contribution is 0.439. The molecule has 0 fully saturated rings. The maximum Gasteiger partial charge on any atom is 0.230 e. The van der Waals surface area contributed by atoms with E-state index in [1.807, 2.05) is 0 Å². The first-order valence-corrected chi connectivity index (χ1v) is 5.99. The molecule has 0 saturated carbocycles. The van der Waals surface area contributed by atoms with Crippen LogP contribution in [0.5, 0.6) is 0 Å². The van der Waals surface area contributed by atoms with Crippen LogP contribution in [-0.2, 0) is 0 Å². The molecule has 0 spiro atoms. The quantitative estimate of drug-likeness (QED) is 0.758. The maximum atomic E-state index is 6.00. The summed E-state index contributed by atoms with van der Waals surface area (Å²) in [6, 6.07) is 5.15. The first-order chi connectivity index (χ1) is 9.16. The van der Waals surface area contributed by atoms with E-state index in [0.717, 1.165) is 5.56 Å². The van der Waals surface area contributed by atoms with Crippen LogP contribution in [0.3, 0.4) is 0 Å². The Morgan fingerprint density at radius 3 is 2.74 bits per heavy atom. The second kappa shape index (κ2) is 4.56. The molecule has 0 amide bonds. The van der Waals surface area contributed by atoms with Gasteiger partial charge in [0.2, 0.25) is 5.88 Å². The van der Waals surface area contributed by atoms with Gasteiger partial charge in [0.1, 0.15) is 11.4 Å². The van der Waals surface area contributed by atoms with Crippen LogP contribution >= 0.6 is 23.2 Å². The predicted molar refractivity (Wildman–Crippen MR) is 71.7 cm³/mol. The molecule has 3 aromatic rings. The van der Waals surface area contributed by atoms with Crippen molar-refractivity contribution >= 4 is 29.1 Å². The minimum atomic E-state index is 0.177. The minimum absolute atomic E-state index is 0.177. The van der Waals surface area contributed by atoms with Gasteiger partial charge in [-0.3, -0.25) is 0 Å². The molecule has 0 atom stereocenters. The molecule has 3 rings (SSSR count). The zero-order chi connectivity index (χ0) is 13.4. The molecule has 6 nitrogen and oxygen atoms in total. The number of H-pyrrole nitrogens is 1. The van der Waals surface area contributed by atoms with Crippen LogP contribution in [0, 0.1) is 0 Å². The van der Waals surface area contributed by atoms with Crippen molar-refractivity contribution in [2.75, 3.05) is 5.73 Å². The highest BCUT2D eigenvalue weighted by Gasteiger charge is 2.19. The zero-order valence-corrected chi connectivity index (χ0v) is 10.9. The largest absolute Gasteiger partial charge is 0.367 e. The minimum Gasteiger partial charge on any atom is -0.367 e. The lowest BCUT2D eigenvalue weighted by Crippen LogP contribution is -1.88. The van der Waals surface area contributed by atoms with Crippen LogP contribution in [0.15, 0.2) is 28.9 Å². The van der Waals surface area contributed by atoms with Gasteiger partial charge in [0.25, 0.3) is 0 Å². The van der Waals surface area contributed by atoms with Crippen molar-refractivity contribution in [1.29, 1.82) is 0 Å². The van der Waals surface area contributed by atoms with Crippen molar-refractivity contribution < 1.29 is 4.52 Å². The molecule has 96 valence electrons. The predicted octanol–water partition coefficient (Wildman–Crippen LogP) is 3.02. The van der Waals surface area contributed by atoms with Gasteiger partial charge in [0.05, 0.1) is 21.8 Å². The first-order valence-electron chi connectivity index (χ1n) is 5.23. The van der Waals surface area contributed by atoms with Crippen molar-refractivity contribution in [3.8, 4) is 22.5 Å². The second-order valence-electron chi connectivity index (χ2n) is 3.75. The van der Waals surface area contributed by atoms with Gasteiger partial charge >= 0.3 is 0 Å². The molecule has 0 bridgehead atoms. The molecule has 3 N–H and O–H groups in total. The Labute approximate surface area is 117 Å². The fourth-order valence-electron chi connectivity index (χ4n) is 1.72. The van der Waals surface area contributed by atoms with Crippen LogP contribution < -0.4 is 5.73 Å². The Hall–Kier alpha value is -2.05. The van der Waals surface area contributed by atoms with E-state index < -0.39 is 0 Å². The lowest BCUT2D eigenvalue weighted by atomic mass is 10.0. The Balaban J connectivity index is 2.19. The molecule has 1 aromatic carbocycles. The second-order valence-corrected chi connectivity index (χ2v) is 4.57. The number of aromatic amines is 1. The standard InChI is InChI=1S/C11H7Cl2N5O/c12-6-2-1-5(3-7(6)13)9-10(17-19-11(9)14)8-4-15-18-16-8/h1-4H,14H2,(H,15,16,18). The van der Waals surface area contributed by atoms with E-state index in [1.165, 1.54) is 6.20 Å². The van der Waals surface area contributed by atoms with Gasteiger partial charge in [0.15, 0.2) is 0 Å². The molecular weight excluding hydrogens is 289 g/mol. The van der Waals surface area contributed by atoms with Crippen molar-refractivity contribution in [2.45, 2.75) is 0 Å². The highest BCUT2D eigenvalue weighted by molar-refractivity contribution is 6.42.